The van der Waals surface area contributed by atoms with Gasteiger partial charge in [0, 0.05) is 10.2 Å². The summed E-state index contributed by atoms with van der Waals surface area (Å²) in [5.41, 5.74) is 3.05. The van der Waals surface area contributed by atoms with Crippen molar-refractivity contribution in [2.24, 2.45) is 0 Å². The first-order valence-corrected chi connectivity index (χ1v) is 8.09. The molecule has 0 aromatic heterocycles. The van der Waals surface area contributed by atoms with E-state index in [1.807, 2.05) is 63.2 Å². The number of amides is 1. The van der Waals surface area contributed by atoms with Gasteiger partial charge in [-0.1, -0.05) is 40.5 Å². The summed E-state index contributed by atoms with van der Waals surface area (Å²) < 4.78 is 6.76. The SMILES string of the molecule is CCC(Oc1ccc(Br)cc1)C(=O)Nc1ccc(C)cc1C. The highest BCUT2D eigenvalue weighted by Crippen LogP contribution is 2.20. The number of nitrogens with one attached hydrogen (secondary N) is 1. The molecule has 0 saturated carbocycles. The molecule has 0 spiro atoms. The molecular formula is C18H20BrNO2. The highest BCUT2D eigenvalue weighted by Gasteiger charge is 2.19. The minimum absolute atomic E-state index is 0.127. The van der Waals surface area contributed by atoms with Crippen molar-refractivity contribution in [3.05, 3.63) is 58.1 Å². The first-order valence-electron chi connectivity index (χ1n) is 7.30. The van der Waals surface area contributed by atoms with Crippen molar-refractivity contribution in [3.63, 3.8) is 0 Å². The molecule has 4 heteroatoms. The summed E-state index contributed by atoms with van der Waals surface area (Å²) in [5.74, 6) is 0.559. The van der Waals surface area contributed by atoms with Crippen molar-refractivity contribution in [2.45, 2.75) is 33.3 Å². The minimum Gasteiger partial charge on any atom is -0.481 e. The van der Waals surface area contributed by atoms with Crippen LogP contribution in [-0.2, 0) is 4.79 Å². The van der Waals surface area contributed by atoms with Crippen LogP contribution in [0.3, 0.4) is 0 Å². The van der Waals surface area contributed by atoms with Crippen molar-refractivity contribution in [1.82, 2.24) is 0 Å². The molecule has 0 aliphatic heterocycles. The van der Waals surface area contributed by atoms with Gasteiger partial charge in [0.25, 0.3) is 5.91 Å². The van der Waals surface area contributed by atoms with Gasteiger partial charge in [0.05, 0.1) is 0 Å². The van der Waals surface area contributed by atoms with Gasteiger partial charge < -0.3 is 10.1 Å². The number of halogens is 1. The van der Waals surface area contributed by atoms with Crippen LogP contribution in [0.4, 0.5) is 5.69 Å². The van der Waals surface area contributed by atoms with Gasteiger partial charge in [-0.3, -0.25) is 4.79 Å². The van der Waals surface area contributed by atoms with Crippen molar-refractivity contribution < 1.29 is 9.53 Å². The molecule has 0 heterocycles. The second-order valence-electron chi connectivity index (χ2n) is 5.28. The highest BCUT2D eigenvalue weighted by atomic mass is 79.9. The molecule has 0 saturated heterocycles. The van der Waals surface area contributed by atoms with Crippen molar-refractivity contribution in [2.75, 3.05) is 5.32 Å². The third-order valence-electron chi connectivity index (χ3n) is 3.39. The number of aryl methyl sites for hydroxylation is 2. The summed E-state index contributed by atoms with van der Waals surface area (Å²) in [5, 5.41) is 2.95. The molecule has 3 nitrogen and oxygen atoms in total. The maximum atomic E-state index is 12.4. The Kier molecular flexibility index (Phi) is 5.61. The molecule has 1 atom stereocenters. The highest BCUT2D eigenvalue weighted by molar-refractivity contribution is 9.10. The van der Waals surface area contributed by atoms with E-state index in [-0.39, 0.29) is 5.91 Å². The van der Waals surface area contributed by atoms with Gasteiger partial charge in [0.2, 0.25) is 0 Å². The largest absolute Gasteiger partial charge is 0.481 e. The summed E-state index contributed by atoms with van der Waals surface area (Å²) >= 11 is 3.38. The molecule has 2 aromatic rings. The smallest absolute Gasteiger partial charge is 0.265 e. The standard InChI is InChI=1S/C18H20BrNO2/c1-4-17(22-15-8-6-14(19)7-9-15)18(21)20-16-10-5-12(2)11-13(16)3/h5-11,17H,4H2,1-3H3,(H,20,21). The fraction of sp³-hybridized carbons (Fsp3) is 0.278. The van der Waals surface area contributed by atoms with E-state index in [1.54, 1.807) is 0 Å². The number of hydrogen-bond acceptors (Lipinski definition) is 2. The van der Waals surface area contributed by atoms with E-state index in [0.717, 1.165) is 15.7 Å². The lowest BCUT2D eigenvalue weighted by Crippen LogP contribution is -2.32. The average Bonchev–Trinajstić information content (AvgIpc) is 2.49. The normalized spacial score (nSPS) is 11.8. The number of ether oxygens (including phenoxy) is 1. The Balaban J connectivity index is 2.06. The second-order valence-corrected chi connectivity index (χ2v) is 6.19. The number of rotatable bonds is 5. The lowest BCUT2D eigenvalue weighted by molar-refractivity contribution is -0.122. The van der Waals surface area contributed by atoms with Crippen LogP contribution >= 0.6 is 15.9 Å². The molecule has 22 heavy (non-hydrogen) atoms. The lowest BCUT2D eigenvalue weighted by atomic mass is 10.1. The Hall–Kier alpha value is -1.81. The van der Waals surface area contributed by atoms with Crippen LogP contribution in [0.1, 0.15) is 24.5 Å². The van der Waals surface area contributed by atoms with E-state index in [4.69, 9.17) is 4.74 Å². The van der Waals surface area contributed by atoms with Crippen LogP contribution in [0.5, 0.6) is 5.75 Å². The van der Waals surface area contributed by atoms with E-state index in [0.29, 0.717) is 12.2 Å². The fourth-order valence-corrected chi connectivity index (χ4v) is 2.43. The molecule has 1 N–H and O–H groups in total. The summed E-state index contributed by atoms with van der Waals surface area (Å²) in [7, 11) is 0. The zero-order valence-corrected chi connectivity index (χ0v) is 14.6. The monoisotopic (exact) mass is 361 g/mol. The molecule has 0 radical (unpaired) electrons. The van der Waals surface area contributed by atoms with Gasteiger partial charge in [-0.15, -0.1) is 0 Å². The molecule has 116 valence electrons. The van der Waals surface area contributed by atoms with Crippen molar-refractivity contribution in [1.29, 1.82) is 0 Å². The second kappa shape index (κ2) is 7.45. The van der Waals surface area contributed by atoms with Crippen LogP contribution < -0.4 is 10.1 Å². The zero-order chi connectivity index (χ0) is 16.1. The Morgan fingerprint density at radius 2 is 1.86 bits per heavy atom. The molecule has 0 aliphatic rings. The Labute approximate surface area is 139 Å². The average molecular weight is 362 g/mol. The predicted molar refractivity (Wildman–Crippen MR) is 93.4 cm³/mol. The van der Waals surface area contributed by atoms with E-state index in [9.17, 15) is 4.79 Å². The number of carbonyl (C=O) groups excluding carboxylic acids is 1. The number of anilines is 1. The Morgan fingerprint density at radius 3 is 2.45 bits per heavy atom. The predicted octanol–water partition coefficient (Wildman–Crippen LogP) is 4.86. The number of benzene rings is 2. The third kappa shape index (κ3) is 4.34. The molecule has 0 bridgehead atoms. The van der Waals surface area contributed by atoms with Crippen molar-refractivity contribution >= 4 is 27.5 Å². The molecule has 2 aromatic carbocycles. The van der Waals surface area contributed by atoms with Gasteiger partial charge in [-0.2, -0.15) is 0 Å². The van der Waals surface area contributed by atoms with Crippen LogP contribution in [0.2, 0.25) is 0 Å². The van der Waals surface area contributed by atoms with Crippen LogP contribution in [0, 0.1) is 13.8 Å². The topological polar surface area (TPSA) is 38.3 Å². The molecule has 2 rings (SSSR count). The van der Waals surface area contributed by atoms with E-state index < -0.39 is 6.10 Å². The maximum Gasteiger partial charge on any atom is 0.265 e. The van der Waals surface area contributed by atoms with E-state index in [2.05, 4.69) is 21.2 Å². The van der Waals surface area contributed by atoms with E-state index in [1.165, 1.54) is 5.56 Å². The van der Waals surface area contributed by atoms with Gasteiger partial charge in [-0.25, -0.2) is 0 Å². The Bertz CT molecular complexity index is 653. The molecule has 0 fully saturated rings. The van der Waals surface area contributed by atoms with Gasteiger partial charge in [0.15, 0.2) is 6.10 Å². The third-order valence-corrected chi connectivity index (χ3v) is 3.92. The van der Waals surface area contributed by atoms with Gasteiger partial charge >= 0.3 is 0 Å². The minimum atomic E-state index is -0.512. The fourth-order valence-electron chi connectivity index (χ4n) is 2.17. The van der Waals surface area contributed by atoms with Gasteiger partial charge in [0.1, 0.15) is 5.75 Å². The van der Waals surface area contributed by atoms with E-state index >= 15 is 0 Å². The quantitative estimate of drug-likeness (QED) is 0.825. The lowest BCUT2D eigenvalue weighted by Gasteiger charge is -2.18. The maximum absolute atomic E-state index is 12.4. The summed E-state index contributed by atoms with van der Waals surface area (Å²) in [4.78, 5) is 12.4. The Morgan fingerprint density at radius 1 is 1.18 bits per heavy atom. The van der Waals surface area contributed by atoms with Crippen LogP contribution in [0.25, 0.3) is 0 Å². The summed E-state index contributed by atoms with van der Waals surface area (Å²) in [6, 6.07) is 13.4. The number of hydrogen-bond donors (Lipinski definition) is 1. The van der Waals surface area contributed by atoms with Gasteiger partial charge in [-0.05, 0) is 56.2 Å². The summed E-state index contributed by atoms with van der Waals surface area (Å²) in [6.45, 7) is 5.95. The molecule has 0 aliphatic carbocycles. The van der Waals surface area contributed by atoms with Crippen LogP contribution in [0.15, 0.2) is 46.9 Å². The first kappa shape index (κ1) is 16.6. The molecule has 1 unspecified atom stereocenters. The zero-order valence-electron chi connectivity index (χ0n) is 13.0. The molecular weight excluding hydrogens is 342 g/mol. The molecule has 1 amide bonds. The summed E-state index contributed by atoms with van der Waals surface area (Å²) in [6.07, 6.45) is 0.0918. The first-order chi connectivity index (χ1) is 10.5. The van der Waals surface area contributed by atoms with Crippen molar-refractivity contribution in [3.8, 4) is 5.75 Å². The number of carbonyl (C=O) groups is 1. The van der Waals surface area contributed by atoms with Crippen LogP contribution in [-0.4, -0.2) is 12.0 Å².